The minimum absolute atomic E-state index is 0.621. The number of fused-ring (bicyclic) bond motifs is 1. The molecular weight excluding hydrogens is 206 g/mol. The summed E-state index contributed by atoms with van der Waals surface area (Å²) in [5.74, 6) is 0.865. The van der Waals surface area contributed by atoms with E-state index in [0.29, 0.717) is 6.04 Å². The number of benzene rings is 1. The van der Waals surface area contributed by atoms with Gasteiger partial charge in [0.2, 0.25) is 0 Å². The highest BCUT2D eigenvalue weighted by Crippen LogP contribution is 2.35. The molecule has 0 aromatic heterocycles. The van der Waals surface area contributed by atoms with Crippen molar-refractivity contribution in [3.8, 4) is 0 Å². The lowest BCUT2D eigenvalue weighted by Gasteiger charge is -2.23. The standard InChI is InChI=1S/C16H23N/c1-11-6-7-13-8-9-16(14(13)10-11)17-15-5-3-4-12(15)2/h6-7,10,12,15-17H,3-5,8-9H2,1-2H3. The normalized spacial score (nSPS) is 31.8. The summed E-state index contributed by atoms with van der Waals surface area (Å²) in [6.45, 7) is 4.60. The van der Waals surface area contributed by atoms with E-state index in [4.69, 9.17) is 0 Å². The highest BCUT2D eigenvalue weighted by atomic mass is 15.0. The second-order valence-electron chi connectivity index (χ2n) is 5.97. The smallest absolute Gasteiger partial charge is 0.0328 e. The van der Waals surface area contributed by atoms with Crippen LogP contribution in [0.5, 0.6) is 0 Å². The number of nitrogens with one attached hydrogen (secondary N) is 1. The molecule has 1 fully saturated rings. The lowest BCUT2D eigenvalue weighted by Crippen LogP contribution is -2.33. The maximum absolute atomic E-state index is 3.91. The Bertz CT molecular complexity index is 410. The van der Waals surface area contributed by atoms with Crippen LogP contribution in [0.25, 0.3) is 0 Å². The second kappa shape index (κ2) is 4.45. The Morgan fingerprint density at radius 2 is 2.06 bits per heavy atom. The van der Waals surface area contributed by atoms with Crippen LogP contribution in [0, 0.1) is 12.8 Å². The molecule has 3 atom stereocenters. The maximum atomic E-state index is 3.91. The molecule has 3 rings (SSSR count). The van der Waals surface area contributed by atoms with E-state index in [1.165, 1.54) is 37.7 Å². The molecule has 0 radical (unpaired) electrons. The highest BCUT2D eigenvalue weighted by Gasteiger charge is 2.29. The molecule has 0 aliphatic heterocycles. The van der Waals surface area contributed by atoms with Crippen LogP contribution in [0.15, 0.2) is 18.2 Å². The molecule has 2 aliphatic rings. The van der Waals surface area contributed by atoms with E-state index >= 15 is 0 Å². The molecule has 0 amide bonds. The third-order valence-corrected chi connectivity index (χ3v) is 4.66. The summed E-state index contributed by atoms with van der Waals surface area (Å²) in [6.07, 6.45) is 6.74. The van der Waals surface area contributed by atoms with E-state index in [0.717, 1.165) is 12.0 Å². The van der Waals surface area contributed by atoms with Gasteiger partial charge in [-0.05, 0) is 49.7 Å². The van der Waals surface area contributed by atoms with Crippen LogP contribution in [-0.2, 0) is 6.42 Å². The Hall–Kier alpha value is -0.820. The van der Waals surface area contributed by atoms with Crippen molar-refractivity contribution in [2.75, 3.05) is 0 Å². The molecule has 17 heavy (non-hydrogen) atoms. The third kappa shape index (κ3) is 2.13. The first-order valence-electron chi connectivity index (χ1n) is 7.09. The van der Waals surface area contributed by atoms with Crippen molar-refractivity contribution in [3.63, 3.8) is 0 Å². The van der Waals surface area contributed by atoms with Gasteiger partial charge in [0.05, 0.1) is 0 Å². The van der Waals surface area contributed by atoms with Crippen molar-refractivity contribution >= 4 is 0 Å². The van der Waals surface area contributed by atoms with Gasteiger partial charge in [0.1, 0.15) is 0 Å². The highest BCUT2D eigenvalue weighted by molar-refractivity contribution is 5.37. The Morgan fingerprint density at radius 3 is 2.82 bits per heavy atom. The summed E-state index contributed by atoms with van der Waals surface area (Å²) < 4.78 is 0. The van der Waals surface area contributed by atoms with Gasteiger partial charge in [0, 0.05) is 12.1 Å². The summed E-state index contributed by atoms with van der Waals surface area (Å²) in [7, 11) is 0. The molecule has 2 aliphatic carbocycles. The number of aryl methyl sites for hydroxylation is 2. The Balaban J connectivity index is 1.76. The minimum Gasteiger partial charge on any atom is -0.307 e. The first-order chi connectivity index (χ1) is 8.24. The van der Waals surface area contributed by atoms with E-state index in [2.05, 4.69) is 37.4 Å². The van der Waals surface area contributed by atoms with Crippen molar-refractivity contribution < 1.29 is 0 Å². The molecule has 1 N–H and O–H groups in total. The largest absolute Gasteiger partial charge is 0.307 e. The fourth-order valence-corrected chi connectivity index (χ4v) is 3.55. The minimum atomic E-state index is 0.621. The lowest BCUT2D eigenvalue weighted by molar-refractivity contribution is 0.374. The van der Waals surface area contributed by atoms with Crippen molar-refractivity contribution in [1.82, 2.24) is 5.32 Å². The third-order valence-electron chi connectivity index (χ3n) is 4.66. The zero-order valence-corrected chi connectivity index (χ0v) is 11.0. The molecule has 1 aromatic carbocycles. The molecular formula is C16H23N. The zero-order valence-electron chi connectivity index (χ0n) is 11.0. The molecule has 0 saturated heterocycles. The van der Waals surface area contributed by atoms with Crippen LogP contribution >= 0.6 is 0 Å². The number of rotatable bonds is 2. The maximum Gasteiger partial charge on any atom is 0.0328 e. The lowest BCUT2D eigenvalue weighted by atomic mass is 10.0. The molecule has 92 valence electrons. The molecule has 1 heteroatoms. The predicted molar refractivity (Wildman–Crippen MR) is 72.2 cm³/mol. The van der Waals surface area contributed by atoms with Crippen LogP contribution in [0.1, 0.15) is 55.3 Å². The van der Waals surface area contributed by atoms with Crippen molar-refractivity contribution in [2.24, 2.45) is 5.92 Å². The average molecular weight is 229 g/mol. The van der Waals surface area contributed by atoms with Gasteiger partial charge in [-0.1, -0.05) is 37.1 Å². The predicted octanol–water partition coefficient (Wildman–Crippen LogP) is 3.76. The van der Waals surface area contributed by atoms with Crippen LogP contribution in [0.2, 0.25) is 0 Å². The Morgan fingerprint density at radius 1 is 1.18 bits per heavy atom. The van der Waals surface area contributed by atoms with Crippen LogP contribution in [-0.4, -0.2) is 6.04 Å². The van der Waals surface area contributed by atoms with Gasteiger partial charge >= 0.3 is 0 Å². The van der Waals surface area contributed by atoms with Gasteiger partial charge in [-0.25, -0.2) is 0 Å². The van der Waals surface area contributed by atoms with E-state index in [1.807, 2.05) is 0 Å². The van der Waals surface area contributed by atoms with Crippen LogP contribution < -0.4 is 5.32 Å². The quantitative estimate of drug-likeness (QED) is 0.814. The van der Waals surface area contributed by atoms with E-state index < -0.39 is 0 Å². The molecule has 0 heterocycles. The fraction of sp³-hybridized carbons (Fsp3) is 0.625. The SMILES string of the molecule is Cc1ccc2c(c1)C(NC1CCCC1C)CC2. The summed E-state index contributed by atoms with van der Waals surface area (Å²) in [6, 6.07) is 8.34. The first-order valence-corrected chi connectivity index (χ1v) is 7.09. The van der Waals surface area contributed by atoms with Gasteiger partial charge in [-0.2, -0.15) is 0 Å². The summed E-state index contributed by atoms with van der Waals surface area (Å²) >= 11 is 0. The molecule has 1 nitrogen and oxygen atoms in total. The zero-order chi connectivity index (χ0) is 11.8. The molecule has 1 aromatic rings. The van der Waals surface area contributed by atoms with Gasteiger partial charge in [-0.15, -0.1) is 0 Å². The van der Waals surface area contributed by atoms with E-state index in [9.17, 15) is 0 Å². The Labute approximate surface area is 105 Å². The molecule has 0 bridgehead atoms. The van der Waals surface area contributed by atoms with Crippen molar-refractivity contribution in [2.45, 2.75) is 58.0 Å². The van der Waals surface area contributed by atoms with E-state index in [1.54, 1.807) is 11.1 Å². The fourth-order valence-electron chi connectivity index (χ4n) is 3.55. The van der Waals surface area contributed by atoms with Crippen LogP contribution in [0.3, 0.4) is 0 Å². The van der Waals surface area contributed by atoms with Crippen molar-refractivity contribution in [3.05, 3.63) is 34.9 Å². The topological polar surface area (TPSA) is 12.0 Å². The first kappa shape index (κ1) is 11.3. The average Bonchev–Trinajstić information content (AvgIpc) is 2.88. The molecule has 0 spiro atoms. The molecule has 3 unspecified atom stereocenters. The van der Waals surface area contributed by atoms with Gasteiger partial charge in [-0.3, -0.25) is 0 Å². The van der Waals surface area contributed by atoms with Gasteiger partial charge in [0.25, 0.3) is 0 Å². The number of hydrogen-bond donors (Lipinski definition) is 1. The van der Waals surface area contributed by atoms with E-state index in [-0.39, 0.29) is 0 Å². The monoisotopic (exact) mass is 229 g/mol. The summed E-state index contributed by atoms with van der Waals surface area (Å²) in [5.41, 5.74) is 4.54. The van der Waals surface area contributed by atoms with Gasteiger partial charge < -0.3 is 5.32 Å². The van der Waals surface area contributed by atoms with Gasteiger partial charge in [0.15, 0.2) is 0 Å². The second-order valence-corrected chi connectivity index (χ2v) is 5.97. The summed E-state index contributed by atoms with van der Waals surface area (Å²) in [5, 5.41) is 3.91. The number of hydrogen-bond acceptors (Lipinski definition) is 1. The Kier molecular flexibility index (Phi) is 2.96. The van der Waals surface area contributed by atoms with Crippen molar-refractivity contribution in [1.29, 1.82) is 0 Å². The van der Waals surface area contributed by atoms with Crippen LogP contribution in [0.4, 0.5) is 0 Å². The molecule has 1 saturated carbocycles. The summed E-state index contributed by atoms with van der Waals surface area (Å²) in [4.78, 5) is 0.